The van der Waals surface area contributed by atoms with E-state index in [2.05, 4.69) is 4.98 Å². The second-order valence-corrected chi connectivity index (χ2v) is 5.48. The van der Waals surface area contributed by atoms with Crippen molar-refractivity contribution in [1.82, 2.24) is 9.55 Å². The summed E-state index contributed by atoms with van der Waals surface area (Å²) in [4.78, 5) is 4.49. The summed E-state index contributed by atoms with van der Waals surface area (Å²) in [5.41, 5.74) is 1.54. The number of benzene rings is 1. The third-order valence-corrected chi connectivity index (χ3v) is 3.39. The van der Waals surface area contributed by atoms with Gasteiger partial charge in [0.15, 0.2) is 0 Å². The molecule has 0 saturated heterocycles. The molecule has 0 aliphatic rings. The minimum absolute atomic E-state index is 0.227. The van der Waals surface area contributed by atoms with E-state index >= 15 is 0 Å². The summed E-state index contributed by atoms with van der Waals surface area (Å²) in [6.45, 7) is 4.34. The fraction of sp³-hybridized carbons (Fsp3) is 0.533. The fourth-order valence-electron chi connectivity index (χ4n) is 2.22. The third kappa shape index (κ3) is 4.15. The molecule has 0 bridgehead atoms. The van der Waals surface area contributed by atoms with E-state index in [1.807, 2.05) is 11.5 Å². The second-order valence-electron chi connectivity index (χ2n) is 4.83. The van der Waals surface area contributed by atoms with Crippen LogP contribution in [-0.4, -0.2) is 36.5 Å². The smallest absolute Gasteiger partial charge is 0.127 e. The third-order valence-electron chi connectivity index (χ3n) is 3.20. The van der Waals surface area contributed by atoms with Crippen LogP contribution in [0.3, 0.4) is 0 Å². The van der Waals surface area contributed by atoms with Crippen molar-refractivity contribution in [3.8, 4) is 0 Å². The molecule has 1 aromatic heterocycles. The van der Waals surface area contributed by atoms with E-state index in [-0.39, 0.29) is 11.2 Å². The molecule has 1 heterocycles. The highest BCUT2D eigenvalue weighted by atomic mass is 35.5. The molecular formula is C15H20ClFN2O2. The van der Waals surface area contributed by atoms with Crippen molar-refractivity contribution in [3.05, 3.63) is 29.8 Å². The van der Waals surface area contributed by atoms with Crippen LogP contribution >= 0.6 is 11.6 Å². The Balaban J connectivity index is 2.09. The van der Waals surface area contributed by atoms with Crippen LogP contribution < -0.4 is 0 Å². The number of fused-ring (bicyclic) bond motifs is 1. The number of aryl methyl sites for hydroxylation is 1. The van der Waals surface area contributed by atoms with Crippen LogP contribution in [0.2, 0.25) is 0 Å². The van der Waals surface area contributed by atoms with Gasteiger partial charge < -0.3 is 14.0 Å². The predicted octanol–water partition coefficient (Wildman–Crippen LogP) is 3.53. The molecule has 1 unspecified atom stereocenters. The quantitative estimate of drug-likeness (QED) is 0.552. The van der Waals surface area contributed by atoms with Crippen LogP contribution in [0.4, 0.5) is 4.39 Å². The number of ether oxygens (including phenoxy) is 2. The molecule has 0 amide bonds. The maximum absolute atomic E-state index is 13.4. The van der Waals surface area contributed by atoms with Crippen molar-refractivity contribution in [2.24, 2.45) is 0 Å². The zero-order valence-corrected chi connectivity index (χ0v) is 13.1. The van der Waals surface area contributed by atoms with Gasteiger partial charge in [0.25, 0.3) is 0 Å². The lowest BCUT2D eigenvalue weighted by Gasteiger charge is -2.10. The van der Waals surface area contributed by atoms with Gasteiger partial charge in [0.05, 0.1) is 29.6 Å². The Morgan fingerprint density at radius 3 is 2.86 bits per heavy atom. The van der Waals surface area contributed by atoms with E-state index < -0.39 is 0 Å². The summed E-state index contributed by atoms with van der Waals surface area (Å²) in [6.07, 6.45) is 0.808. The van der Waals surface area contributed by atoms with Gasteiger partial charge in [-0.15, -0.1) is 11.6 Å². The zero-order chi connectivity index (χ0) is 15.2. The number of methoxy groups -OCH3 is 1. The number of imidazole rings is 1. The standard InChI is InChI=1S/C15H20ClFN2O2/c1-11(16)15-18-13-5-4-12(17)10-14(13)19(15)6-3-7-21-9-8-20-2/h4-5,10-11H,3,6-9H2,1-2H3. The van der Waals surface area contributed by atoms with E-state index in [1.54, 1.807) is 13.2 Å². The molecule has 0 aliphatic carbocycles. The number of aromatic nitrogens is 2. The summed E-state index contributed by atoms with van der Waals surface area (Å²) >= 11 is 6.18. The largest absolute Gasteiger partial charge is 0.382 e. The lowest BCUT2D eigenvalue weighted by atomic mass is 10.3. The number of hydrogen-bond acceptors (Lipinski definition) is 3. The topological polar surface area (TPSA) is 36.3 Å². The minimum atomic E-state index is -0.270. The Bertz CT molecular complexity index is 586. The lowest BCUT2D eigenvalue weighted by Crippen LogP contribution is -2.09. The van der Waals surface area contributed by atoms with Crippen molar-refractivity contribution < 1.29 is 13.9 Å². The summed E-state index contributed by atoms with van der Waals surface area (Å²) in [5.74, 6) is 0.489. The molecule has 2 aromatic rings. The molecule has 0 N–H and O–H groups in total. The fourth-order valence-corrected chi connectivity index (χ4v) is 2.39. The van der Waals surface area contributed by atoms with Crippen LogP contribution in [0.5, 0.6) is 0 Å². The van der Waals surface area contributed by atoms with E-state index in [0.717, 1.165) is 23.3 Å². The Morgan fingerprint density at radius 2 is 2.14 bits per heavy atom. The average molecular weight is 315 g/mol. The van der Waals surface area contributed by atoms with Crippen LogP contribution in [0, 0.1) is 5.82 Å². The van der Waals surface area contributed by atoms with Crippen molar-refractivity contribution in [3.63, 3.8) is 0 Å². The summed E-state index contributed by atoms with van der Waals surface area (Å²) in [5, 5.41) is -0.227. The molecular weight excluding hydrogens is 295 g/mol. The summed E-state index contributed by atoms with van der Waals surface area (Å²) in [6, 6.07) is 4.59. The van der Waals surface area contributed by atoms with Crippen molar-refractivity contribution in [1.29, 1.82) is 0 Å². The molecule has 0 radical (unpaired) electrons. The molecule has 2 rings (SSSR count). The van der Waals surface area contributed by atoms with Crippen LogP contribution in [0.25, 0.3) is 11.0 Å². The van der Waals surface area contributed by atoms with E-state index in [1.165, 1.54) is 12.1 Å². The molecule has 4 nitrogen and oxygen atoms in total. The first kappa shape index (κ1) is 16.2. The van der Waals surface area contributed by atoms with Gasteiger partial charge in [-0.2, -0.15) is 0 Å². The van der Waals surface area contributed by atoms with Crippen molar-refractivity contribution in [2.45, 2.75) is 25.3 Å². The highest BCUT2D eigenvalue weighted by Gasteiger charge is 2.15. The maximum atomic E-state index is 13.4. The predicted molar refractivity (Wildman–Crippen MR) is 81.3 cm³/mol. The van der Waals surface area contributed by atoms with Gasteiger partial charge in [0, 0.05) is 20.3 Å². The van der Waals surface area contributed by atoms with Gasteiger partial charge in [0.2, 0.25) is 0 Å². The lowest BCUT2D eigenvalue weighted by molar-refractivity contribution is 0.0680. The van der Waals surface area contributed by atoms with Gasteiger partial charge >= 0.3 is 0 Å². The Hall–Kier alpha value is -1.17. The van der Waals surface area contributed by atoms with E-state index in [9.17, 15) is 4.39 Å². The van der Waals surface area contributed by atoms with Gasteiger partial charge in [-0.1, -0.05) is 0 Å². The molecule has 6 heteroatoms. The second kappa shape index (κ2) is 7.73. The monoisotopic (exact) mass is 314 g/mol. The first-order chi connectivity index (χ1) is 10.1. The normalized spacial score (nSPS) is 13.0. The molecule has 0 fully saturated rings. The number of rotatable bonds is 8. The first-order valence-electron chi connectivity index (χ1n) is 7.00. The van der Waals surface area contributed by atoms with E-state index in [4.69, 9.17) is 21.1 Å². The molecule has 0 saturated carbocycles. The highest BCUT2D eigenvalue weighted by Crippen LogP contribution is 2.25. The van der Waals surface area contributed by atoms with E-state index in [0.29, 0.717) is 26.4 Å². The Morgan fingerprint density at radius 1 is 1.33 bits per heavy atom. The van der Waals surface area contributed by atoms with Crippen molar-refractivity contribution >= 4 is 22.6 Å². The van der Waals surface area contributed by atoms with Crippen LogP contribution in [-0.2, 0) is 16.0 Å². The SMILES string of the molecule is COCCOCCCn1c(C(C)Cl)nc2ccc(F)cc21. The molecule has 0 spiro atoms. The maximum Gasteiger partial charge on any atom is 0.127 e. The first-order valence-corrected chi connectivity index (χ1v) is 7.43. The van der Waals surface area contributed by atoms with Crippen molar-refractivity contribution in [2.75, 3.05) is 26.9 Å². The number of alkyl halides is 1. The van der Waals surface area contributed by atoms with Gasteiger partial charge in [0.1, 0.15) is 11.6 Å². The van der Waals surface area contributed by atoms with Gasteiger partial charge in [-0.25, -0.2) is 9.37 Å². The summed E-state index contributed by atoms with van der Waals surface area (Å²) < 4.78 is 25.8. The van der Waals surface area contributed by atoms with Crippen LogP contribution in [0.15, 0.2) is 18.2 Å². The summed E-state index contributed by atoms with van der Waals surface area (Å²) in [7, 11) is 1.64. The molecule has 0 aliphatic heterocycles. The molecule has 1 aromatic carbocycles. The molecule has 116 valence electrons. The van der Waals surface area contributed by atoms with Gasteiger partial charge in [-0.3, -0.25) is 0 Å². The molecule has 1 atom stereocenters. The zero-order valence-electron chi connectivity index (χ0n) is 12.3. The number of hydrogen-bond donors (Lipinski definition) is 0. The minimum Gasteiger partial charge on any atom is -0.382 e. The Kier molecular flexibility index (Phi) is 5.96. The number of halogens is 2. The Labute approximate surface area is 128 Å². The average Bonchev–Trinajstić information content (AvgIpc) is 2.81. The molecule has 21 heavy (non-hydrogen) atoms. The number of nitrogens with zero attached hydrogens (tertiary/aromatic N) is 2. The highest BCUT2D eigenvalue weighted by molar-refractivity contribution is 6.20. The van der Waals surface area contributed by atoms with Gasteiger partial charge in [-0.05, 0) is 31.5 Å². The van der Waals surface area contributed by atoms with Crippen LogP contribution in [0.1, 0.15) is 24.5 Å².